The lowest BCUT2D eigenvalue weighted by Gasteiger charge is -2.04. The van der Waals surface area contributed by atoms with E-state index in [9.17, 15) is 9.90 Å². The molecule has 0 aliphatic carbocycles. The number of carbonyl (C=O) groups excluding carboxylic acids is 1. The summed E-state index contributed by atoms with van der Waals surface area (Å²) < 4.78 is 5.30. The van der Waals surface area contributed by atoms with E-state index < -0.39 is 0 Å². The van der Waals surface area contributed by atoms with Crippen LogP contribution < -0.4 is 4.74 Å². The second kappa shape index (κ2) is 3.58. The first kappa shape index (κ1) is 9.06. The molecule has 0 atom stereocenters. The minimum absolute atomic E-state index is 0.0391. The summed E-state index contributed by atoms with van der Waals surface area (Å²) in [5.41, 5.74) is 0.880. The van der Waals surface area contributed by atoms with E-state index in [1.54, 1.807) is 6.07 Å². The number of rotatable bonds is 2. The van der Waals surface area contributed by atoms with E-state index >= 15 is 0 Å². The lowest BCUT2D eigenvalue weighted by atomic mass is 10.2. The monoisotopic (exact) mass is 230 g/mol. The van der Waals surface area contributed by atoms with E-state index in [2.05, 4.69) is 20.7 Å². The predicted octanol–water partition coefficient (Wildman–Crippen LogP) is 2.00. The zero-order valence-electron chi connectivity index (χ0n) is 6.37. The van der Waals surface area contributed by atoms with Crippen molar-refractivity contribution in [3.63, 3.8) is 0 Å². The molecule has 0 fully saturated rings. The highest BCUT2D eigenvalue weighted by Crippen LogP contribution is 2.31. The van der Waals surface area contributed by atoms with Crippen molar-refractivity contribution in [1.29, 1.82) is 0 Å². The Labute approximate surface area is 78.1 Å². The van der Waals surface area contributed by atoms with Crippen molar-refractivity contribution in [1.82, 2.24) is 0 Å². The summed E-state index contributed by atoms with van der Waals surface area (Å²) in [6, 6.07) is 3.06. The lowest BCUT2D eigenvalue weighted by Crippen LogP contribution is -1.89. The molecule has 1 aromatic rings. The summed E-state index contributed by atoms with van der Waals surface area (Å²) in [6.07, 6.45) is 0. The van der Waals surface area contributed by atoms with Gasteiger partial charge in [-0.05, 0) is 24.6 Å². The Morgan fingerprint density at radius 1 is 1.58 bits per heavy atom. The summed E-state index contributed by atoms with van der Waals surface area (Å²) in [4.78, 5) is 9.97. The SMILES string of the molecule is Cc1cc(O)c(OC=O)cc1Br. The minimum atomic E-state index is -0.0391. The number of benzene rings is 1. The average Bonchev–Trinajstić information content (AvgIpc) is 2.01. The lowest BCUT2D eigenvalue weighted by molar-refractivity contribution is -0.120. The molecular weight excluding hydrogens is 224 g/mol. The van der Waals surface area contributed by atoms with E-state index in [4.69, 9.17) is 0 Å². The number of halogens is 1. The molecule has 4 heteroatoms. The van der Waals surface area contributed by atoms with Gasteiger partial charge in [-0.1, -0.05) is 15.9 Å². The predicted molar refractivity (Wildman–Crippen MR) is 47.2 cm³/mol. The Hall–Kier alpha value is -1.03. The zero-order valence-corrected chi connectivity index (χ0v) is 7.96. The van der Waals surface area contributed by atoms with E-state index in [1.165, 1.54) is 6.07 Å². The number of ether oxygens (including phenoxy) is 1. The summed E-state index contributed by atoms with van der Waals surface area (Å²) >= 11 is 3.24. The van der Waals surface area contributed by atoms with E-state index in [0.717, 1.165) is 10.0 Å². The van der Waals surface area contributed by atoms with Crippen molar-refractivity contribution >= 4 is 22.4 Å². The van der Waals surface area contributed by atoms with Gasteiger partial charge < -0.3 is 9.84 Å². The maximum atomic E-state index is 9.97. The van der Waals surface area contributed by atoms with Gasteiger partial charge in [0.1, 0.15) is 0 Å². The molecule has 0 amide bonds. The van der Waals surface area contributed by atoms with Crippen LogP contribution in [-0.2, 0) is 4.79 Å². The molecule has 0 radical (unpaired) electrons. The second-order valence-electron chi connectivity index (χ2n) is 2.28. The van der Waals surface area contributed by atoms with Crippen LogP contribution in [-0.4, -0.2) is 11.6 Å². The Morgan fingerprint density at radius 3 is 2.83 bits per heavy atom. The molecule has 0 bridgehead atoms. The first-order valence-corrected chi connectivity index (χ1v) is 4.04. The molecule has 64 valence electrons. The highest BCUT2D eigenvalue weighted by Gasteiger charge is 2.05. The average molecular weight is 231 g/mol. The Bertz CT molecular complexity index is 309. The van der Waals surface area contributed by atoms with Crippen molar-refractivity contribution in [2.75, 3.05) is 0 Å². The third-order valence-corrected chi connectivity index (χ3v) is 2.27. The van der Waals surface area contributed by atoms with Crippen LogP contribution >= 0.6 is 15.9 Å². The highest BCUT2D eigenvalue weighted by molar-refractivity contribution is 9.10. The summed E-state index contributed by atoms with van der Waals surface area (Å²) in [6.45, 7) is 2.10. The van der Waals surface area contributed by atoms with Crippen molar-refractivity contribution < 1.29 is 14.6 Å². The van der Waals surface area contributed by atoms with Crippen LogP contribution in [0.2, 0.25) is 0 Å². The van der Waals surface area contributed by atoms with Crippen molar-refractivity contribution in [2.24, 2.45) is 0 Å². The van der Waals surface area contributed by atoms with E-state index in [-0.39, 0.29) is 18.0 Å². The van der Waals surface area contributed by atoms with Gasteiger partial charge in [0.15, 0.2) is 11.5 Å². The van der Waals surface area contributed by atoms with Crippen LogP contribution in [0.25, 0.3) is 0 Å². The van der Waals surface area contributed by atoms with Gasteiger partial charge >= 0.3 is 0 Å². The van der Waals surface area contributed by atoms with Gasteiger partial charge in [0.25, 0.3) is 6.47 Å². The third kappa shape index (κ3) is 1.76. The number of aryl methyl sites for hydroxylation is 1. The topological polar surface area (TPSA) is 46.5 Å². The van der Waals surface area contributed by atoms with E-state index in [0.29, 0.717) is 0 Å². The van der Waals surface area contributed by atoms with Crippen LogP contribution in [0.3, 0.4) is 0 Å². The fourth-order valence-electron chi connectivity index (χ4n) is 0.794. The van der Waals surface area contributed by atoms with Crippen LogP contribution in [0.15, 0.2) is 16.6 Å². The van der Waals surface area contributed by atoms with Crippen LogP contribution in [0, 0.1) is 6.92 Å². The van der Waals surface area contributed by atoms with Gasteiger partial charge in [0, 0.05) is 4.47 Å². The maximum absolute atomic E-state index is 9.97. The smallest absolute Gasteiger partial charge is 0.298 e. The molecule has 3 nitrogen and oxygen atoms in total. The second-order valence-corrected chi connectivity index (χ2v) is 3.14. The zero-order chi connectivity index (χ0) is 9.14. The standard InChI is InChI=1S/C8H7BrO3/c1-5-2-7(11)8(12-4-10)3-6(5)9/h2-4,11H,1H3. The number of aromatic hydroxyl groups is 1. The molecule has 0 aliphatic heterocycles. The molecule has 0 spiro atoms. The Balaban J connectivity index is 3.13. The molecule has 1 rings (SSSR count). The van der Waals surface area contributed by atoms with Gasteiger partial charge in [0.05, 0.1) is 0 Å². The van der Waals surface area contributed by atoms with Gasteiger partial charge in [-0.2, -0.15) is 0 Å². The maximum Gasteiger partial charge on any atom is 0.298 e. The normalized spacial score (nSPS) is 9.50. The molecule has 1 N–H and O–H groups in total. The number of hydrogen-bond acceptors (Lipinski definition) is 3. The summed E-state index contributed by atoms with van der Waals surface area (Å²) in [5.74, 6) is 0.116. The molecule has 0 heterocycles. The molecule has 0 saturated carbocycles. The first-order valence-electron chi connectivity index (χ1n) is 3.24. The molecule has 0 unspecified atom stereocenters. The quantitative estimate of drug-likeness (QED) is 0.791. The van der Waals surface area contributed by atoms with Gasteiger partial charge in [-0.25, -0.2) is 0 Å². The number of phenolic OH excluding ortho intramolecular Hbond substituents is 1. The number of hydrogen-bond donors (Lipinski definition) is 1. The van der Waals surface area contributed by atoms with Crippen LogP contribution in [0.4, 0.5) is 0 Å². The molecule has 12 heavy (non-hydrogen) atoms. The fraction of sp³-hybridized carbons (Fsp3) is 0.125. The molecule has 0 aromatic heterocycles. The molecule has 0 saturated heterocycles. The van der Waals surface area contributed by atoms with Crippen molar-refractivity contribution in [3.8, 4) is 11.5 Å². The first-order chi connectivity index (χ1) is 5.65. The largest absolute Gasteiger partial charge is 0.504 e. The summed E-state index contributed by atoms with van der Waals surface area (Å²) in [5, 5.41) is 9.24. The van der Waals surface area contributed by atoms with Crippen molar-refractivity contribution in [2.45, 2.75) is 6.92 Å². The molecular formula is C8H7BrO3. The van der Waals surface area contributed by atoms with Crippen molar-refractivity contribution in [3.05, 3.63) is 22.2 Å². The molecule has 1 aromatic carbocycles. The number of carbonyl (C=O) groups is 1. The minimum Gasteiger partial charge on any atom is -0.504 e. The van der Waals surface area contributed by atoms with Crippen LogP contribution in [0.1, 0.15) is 5.56 Å². The third-order valence-electron chi connectivity index (χ3n) is 1.42. The van der Waals surface area contributed by atoms with Crippen LogP contribution in [0.5, 0.6) is 11.5 Å². The van der Waals surface area contributed by atoms with Gasteiger partial charge in [0.2, 0.25) is 0 Å². The Kier molecular flexibility index (Phi) is 2.70. The Morgan fingerprint density at radius 2 is 2.25 bits per heavy atom. The highest BCUT2D eigenvalue weighted by atomic mass is 79.9. The fourth-order valence-corrected chi connectivity index (χ4v) is 1.12. The van der Waals surface area contributed by atoms with Gasteiger partial charge in [-0.3, -0.25) is 4.79 Å². The van der Waals surface area contributed by atoms with E-state index in [1.807, 2.05) is 6.92 Å². The summed E-state index contributed by atoms with van der Waals surface area (Å²) in [7, 11) is 0. The number of phenols is 1. The molecule has 0 aliphatic rings. The van der Waals surface area contributed by atoms with Gasteiger partial charge in [-0.15, -0.1) is 0 Å².